The molecule has 0 spiro atoms. The molecule has 4 rings (SSSR count). The average molecular weight is 1270 g/mol. The van der Waals surface area contributed by atoms with Gasteiger partial charge in [-0.3, -0.25) is 24.0 Å². The summed E-state index contributed by atoms with van der Waals surface area (Å²) in [6.45, 7) is 12.9. The van der Waals surface area contributed by atoms with Crippen molar-refractivity contribution in [3.05, 3.63) is 90.5 Å². The summed E-state index contributed by atoms with van der Waals surface area (Å²) >= 11 is 0. The smallest absolute Gasteiger partial charge is 0.677 e. The number of aliphatic carboxylic acids is 7. The van der Waals surface area contributed by atoms with Gasteiger partial charge in [0.2, 0.25) is 0 Å². The number of benzene rings is 2. The van der Waals surface area contributed by atoms with Crippen molar-refractivity contribution < 1.29 is 131 Å². The number of nitrogens with zero attached hydrogens (tertiary/aromatic N) is 1. The molecule has 2 aromatic rings. The normalized spacial score (nSPS) is 15.7. The maximum Gasteiger partial charge on any atom is 2.00 e. The van der Waals surface area contributed by atoms with Crippen molar-refractivity contribution in [1.29, 1.82) is 5.26 Å². The molecule has 0 aromatic heterocycles. The minimum Gasteiger partial charge on any atom is -0.677 e. The molecular formula is C41H57N3O18Pt2. The summed E-state index contributed by atoms with van der Waals surface area (Å²) in [5, 5.41) is 61.0. The van der Waals surface area contributed by atoms with Gasteiger partial charge in [-0.05, 0) is 43.7 Å². The molecule has 364 valence electrons. The molecule has 0 unspecified atom stereocenters. The maximum absolute atomic E-state index is 10.9. The molecule has 2 aliphatic rings. The number of ketones is 2. The molecule has 0 saturated heterocycles. The predicted octanol–water partition coefficient (Wildman–Crippen LogP) is 5.79. The molecule has 21 nitrogen and oxygen atoms in total. The molecule has 2 aromatic carbocycles. The van der Waals surface area contributed by atoms with E-state index in [0.717, 1.165) is 26.7 Å². The molecule has 2 saturated carbocycles. The fourth-order valence-corrected chi connectivity index (χ4v) is 4.26. The summed E-state index contributed by atoms with van der Waals surface area (Å²) < 4.78 is 4.53. The van der Waals surface area contributed by atoms with Crippen LogP contribution in [0.3, 0.4) is 0 Å². The van der Waals surface area contributed by atoms with Crippen LogP contribution in [0.15, 0.2) is 48.5 Å². The largest absolute Gasteiger partial charge is 2.00 e. The number of hydrogen-bond acceptors (Lipinski definition) is 11. The van der Waals surface area contributed by atoms with Crippen molar-refractivity contribution in [1.82, 2.24) is 0 Å². The topological polar surface area (TPSA) is 407 Å². The van der Waals surface area contributed by atoms with E-state index in [1.54, 1.807) is 54.8 Å². The quantitative estimate of drug-likeness (QED) is 0.0805. The Balaban J connectivity index is -0.000000119. The van der Waals surface area contributed by atoms with Crippen molar-refractivity contribution in [2.45, 2.75) is 97.6 Å². The first-order valence-corrected chi connectivity index (χ1v) is 18.1. The van der Waals surface area contributed by atoms with Crippen LogP contribution >= 0.6 is 0 Å². The number of carbonyl (C=O) groups excluding carboxylic acids is 2. The van der Waals surface area contributed by atoms with Crippen molar-refractivity contribution in [3.63, 3.8) is 0 Å². The minimum atomic E-state index is -1.82. The van der Waals surface area contributed by atoms with E-state index < -0.39 is 41.8 Å². The van der Waals surface area contributed by atoms with Gasteiger partial charge in [-0.15, -0.1) is 5.26 Å². The SMILES string of the molecule is CC(=O)O.CC(=O)O.CC(=O)c1ccc(CC(=O)O)cc1.CC(=O)c1ccc(OC#N)cc1.O.O=C(O)C(=O)O.O=C(O)C(=O)O.[CH2-][C@@H]1CCCC[C@H]1[NH-].[CH2-][C@@H]1CCCC[C@H]1[NH-].[Pt+2].[Pt+2]. The van der Waals surface area contributed by atoms with Gasteiger partial charge in [0.05, 0.1) is 6.42 Å². The number of carboxylic acids is 7. The number of hydrogen-bond donors (Lipinski definition) is 7. The number of Topliss-reactive ketones (excluding diaryl/α,β-unsaturated/α-hetero) is 2. The summed E-state index contributed by atoms with van der Waals surface area (Å²) in [5.41, 5.74) is 16.8. The van der Waals surface area contributed by atoms with E-state index >= 15 is 0 Å². The zero-order valence-corrected chi connectivity index (χ0v) is 40.0. The average Bonchev–Trinajstić information content (AvgIpc) is 3.15. The third kappa shape index (κ3) is 49.3. The zero-order chi connectivity index (χ0) is 48.2. The molecule has 2 aliphatic carbocycles. The molecule has 2 fully saturated rings. The van der Waals surface area contributed by atoms with Gasteiger partial charge in [0.15, 0.2) is 11.6 Å². The molecule has 0 amide bonds. The standard InChI is InChI=1S/C10H10O3.C9H7NO2.2C7H13N.2C2H2O4.2C2H4O2.H2O.2Pt/c1-7(11)9-4-2-8(3-5-9)6-10(12)13;1-7(11)8-2-4-9(5-3-8)12-6-10;2*1-6-4-2-3-5-7(6)8;2*3-1(4)2(5)6;2*1-2(3)4;;;/h2-5H,6H2,1H3,(H,12,13);2-5H,1H3;2*6-8H,1-5H2;2*(H,3,4)(H,5,6);2*1H3,(H,3,4);1H2;;/q;;2*-2;;;;;;2*+2/t;;2*6-,7-;;;;;;;/m..11......./s1. The Morgan fingerprint density at radius 1 is 0.578 bits per heavy atom. The van der Waals surface area contributed by atoms with E-state index in [2.05, 4.69) is 18.6 Å². The molecule has 23 heteroatoms. The molecule has 0 bridgehead atoms. The second-order valence-corrected chi connectivity index (χ2v) is 12.7. The van der Waals surface area contributed by atoms with Gasteiger partial charge in [0.25, 0.3) is 18.2 Å². The summed E-state index contributed by atoms with van der Waals surface area (Å²) in [4.78, 5) is 86.4. The maximum atomic E-state index is 10.9. The molecule has 0 heterocycles. The van der Waals surface area contributed by atoms with Crippen LogP contribution in [0.1, 0.15) is 105 Å². The van der Waals surface area contributed by atoms with Crippen molar-refractivity contribution >= 4 is 53.4 Å². The summed E-state index contributed by atoms with van der Waals surface area (Å²) in [7, 11) is 0. The van der Waals surface area contributed by atoms with E-state index in [1.807, 2.05) is 0 Å². The van der Waals surface area contributed by atoms with Crippen LogP contribution in [-0.2, 0) is 82.1 Å². The number of carbonyl (C=O) groups is 9. The fourth-order valence-electron chi connectivity index (χ4n) is 4.26. The van der Waals surface area contributed by atoms with Crippen molar-refractivity contribution in [3.8, 4) is 12.0 Å². The Hall–Kier alpha value is -5.38. The van der Waals surface area contributed by atoms with E-state index in [1.165, 1.54) is 52.4 Å². The van der Waals surface area contributed by atoms with Crippen LogP contribution in [0, 0.1) is 37.2 Å². The minimum absolute atomic E-state index is 0. The molecular weight excluding hydrogens is 1210 g/mol. The molecule has 11 N–H and O–H groups in total. The van der Waals surface area contributed by atoms with Crippen LogP contribution in [-0.4, -0.2) is 107 Å². The number of ether oxygens (including phenoxy) is 1. The van der Waals surface area contributed by atoms with Gasteiger partial charge < -0.3 is 71.3 Å². The first-order chi connectivity index (χ1) is 28.2. The summed E-state index contributed by atoms with van der Waals surface area (Å²) in [6, 6.07) is 13.3. The fraction of sp³-hybridized carbons (Fsp3) is 0.415. The van der Waals surface area contributed by atoms with Crippen LogP contribution in [0.4, 0.5) is 0 Å². The third-order valence-corrected chi connectivity index (χ3v) is 7.32. The van der Waals surface area contributed by atoms with Gasteiger partial charge in [-0.2, -0.15) is 23.9 Å². The number of nitrogens with one attached hydrogen (secondary N) is 2. The van der Waals surface area contributed by atoms with E-state index in [0.29, 0.717) is 34.3 Å². The number of nitriles is 1. The second-order valence-electron chi connectivity index (χ2n) is 12.7. The van der Waals surface area contributed by atoms with Crippen LogP contribution in [0.25, 0.3) is 11.5 Å². The van der Waals surface area contributed by atoms with Crippen LogP contribution in [0.2, 0.25) is 0 Å². The Kier molecular flexibility index (Phi) is 50.5. The van der Waals surface area contributed by atoms with Crippen LogP contribution < -0.4 is 4.74 Å². The molecule has 4 atom stereocenters. The van der Waals surface area contributed by atoms with Crippen molar-refractivity contribution in [2.75, 3.05) is 0 Å². The van der Waals surface area contributed by atoms with E-state index in [9.17, 15) is 14.4 Å². The molecule has 0 aliphatic heterocycles. The molecule has 64 heavy (non-hydrogen) atoms. The van der Waals surface area contributed by atoms with Gasteiger partial charge in [-0.25, -0.2) is 19.2 Å². The Bertz CT molecular complexity index is 1610. The first-order valence-electron chi connectivity index (χ1n) is 18.1. The van der Waals surface area contributed by atoms with Gasteiger partial charge in [-0.1, -0.05) is 75.6 Å². The van der Waals surface area contributed by atoms with Crippen molar-refractivity contribution in [2.24, 2.45) is 11.8 Å². The van der Waals surface area contributed by atoms with E-state index in [-0.39, 0.29) is 77.7 Å². The Labute approximate surface area is 400 Å². The Morgan fingerprint density at radius 3 is 1.03 bits per heavy atom. The predicted molar refractivity (Wildman–Crippen MR) is 222 cm³/mol. The number of rotatable bonds is 5. The molecule has 0 radical (unpaired) electrons. The summed E-state index contributed by atoms with van der Waals surface area (Å²) in [5.74, 6) is -8.55. The van der Waals surface area contributed by atoms with Gasteiger partial charge >= 0.3 is 72.0 Å². The van der Waals surface area contributed by atoms with Gasteiger partial charge in [0.1, 0.15) is 5.75 Å². The second kappa shape index (κ2) is 44.2. The third-order valence-electron chi connectivity index (χ3n) is 7.32. The monoisotopic (exact) mass is 1270 g/mol. The number of carboxylic acid groups (broad SMARTS) is 7. The van der Waals surface area contributed by atoms with E-state index in [4.69, 9.17) is 81.2 Å². The van der Waals surface area contributed by atoms with Gasteiger partial charge in [0, 0.05) is 25.0 Å². The summed E-state index contributed by atoms with van der Waals surface area (Å²) in [6.07, 6.45) is 11.1. The Morgan fingerprint density at radius 2 is 0.844 bits per heavy atom. The van der Waals surface area contributed by atoms with Crippen LogP contribution in [0.5, 0.6) is 5.75 Å². The zero-order valence-electron chi connectivity index (χ0n) is 35.5. The first kappa shape index (κ1) is 73.0.